The van der Waals surface area contributed by atoms with Crippen LogP contribution in [-0.4, -0.2) is 24.7 Å². The number of benzene rings is 2. The van der Waals surface area contributed by atoms with Crippen LogP contribution in [0.1, 0.15) is 17.4 Å². The number of aliphatic hydroxyl groups is 1. The average Bonchev–Trinajstić information content (AvgIpc) is 2.86. The van der Waals surface area contributed by atoms with Crippen LogP contribution in [0.4, 0.5) is 0 Å². The van der Waals surface area contributed by atoms with Crippen LogP contribution in [0.15, 0.2) is 102 Å². The van der Waals surface area contributed by atoms with E-state index in [1.54, 1.807) is 23.2 Å². The Labute approximate surface area is 190 Å². The van der Waals surface area contributed by atoms with Crippen LogP contribution in [0.3, 0.4) is 0 Å². The van der Waals surface area contributed by atoms with Crippen LogP contribution in [-0.2, 0) is 6.42 Å². The summed E-state index contributed by atoms with van der Waals surface area (Å²) in [5, 5.41) is 22.1. The standard InChI is InChI=1S/C27H21N3O3/c31-24(23-16-28-15-20-9-5-11-29-27(20)23)13-22-14-25(32)26(33)17-30(22)21-10-4-8-19(12-21)18-6-2-1-3-7-18/h1-12,14-17,24,31,33H,13H2. The predicted molar refractivity (Wildman–Crippen MR) is 127 cm³/mol. The molecule has 33 heavy (non-hydrogen) atoms. The van der Waals surface area contributed by atoms with Crippen molar-refractivity contribution in [1.29, 1.82) is 0 Å². The van der Waals surface area contributed by atoms with Crippen molar-refractivity contribution in [2.75, 3.05) is 0 Å². The molecule has 0 fully saturated rings. The summed E-state index contributed by atoms with van der Waals surface area (Å²) in [5.74, 6) is -0.355. The first-order chi connectivity index (χ1) is 16.1. The van der Waals surface area contributed by atoms with E-state index in [1.165, 1.54) is 12.3 Å². The van der Waals surface area contributed by atoms with Gasteiger partial charge in [0.1, 0.15) is 0 Å². The first kappa shape index (κ1) is 20.6. The maximum atomic E-state index is 12.3. The Hall–Kier alpha value is -4.29. The highest BCUT2D eigenvalue weighted by Gasteiger charge is 2.17. The number of pyridine rings is 3. The van der Waals surface area contributed by atoms with Gasteiger partial charge in [-0.15, -0.1) is 0 Å². The molecule has 0 radical (unpaired) electrons. The van der Waals surface area contributed by atoms with Crippen LogP contribution in [0.5, 0.6) is 5.75 Å². The zero-order valence-electron chi connectivity index (χ0n) is 17.7. The van der Waals surface area contributed by atoms with Gasteiger partial charge in [-0.1, -0.05) is 42.5 Å². The molecule has 0 saturated carbocycles. The number of hydrogen-bond donors (Lipinski definition) is 2. The van der Waals surface area contributed by atoms with E-state index in [0.29, 0.717) is 16.8 Å². The minimum Gasteiger partial charge on any atom is -0.503 e. The Morgan fingerprint density at radius 1 is 0.909 bits per heavy atom. The van der Waals surface area contributed by atoms with E-state index in [4.69, 9.17) is 0 Å². The molecule has 162 valence electrons. The van der Waals surface area contributed by atoms with Gasteiger partial charge in [-0.3, -0.25) is 14.8 Å². The highest BCUT2D eigenvalue weighted by atomic mass is 16.3. The summed E-state index contributed by atoms with van der Waals surface area (Å²) in [6.45, 7) is 0. The minimum absolute atomic E-state index is 0.141. The summed E-state index contributed by atoms with van der Waals surface area (Å²) in [4.78, 5) is 20.9. The maximum absolute atomic E-state index is 12.3. The molecule has 0 aliphatic rings. The van der Waals surface area contributed by atoms with E-state index >= 15 is 0 Å². The molecule has 3 aromatic heterocycles. The van der Waals surface area contributed by atoms with Crippen molar-refractivity contribution in [1.82, 2.24) is 14.5 Å². The second-order valence-electron chi connectivity index (χ2n) is 7.82. The average molecular weight is 435 g/mol. The SMILES string of the molecule is O=c1cc(CC(O)c2cncc3cccnc23)n(-c2cccc(-c3ccccc3)c2)cc1O. The third-order valence-electron chi connectivity index (χ3n) is 5.64. The van der Waals surface area contributed by atoms with Crippen molar-refractivity contribution < 1.29 is 10.2 Å². The third kappa shape index (κ3) is 4.12. The zero-order chi connectivity index (χ0) is 22.8. The molecule has 2 N–H and O–H groups in total. The molecule has 5 aromatic rings. The molecule has 0 bridgehead atoms. The normalized spacial score (nSPS) is 12.0. The number of nitrogens with zero attached hydrogens (tertiary/aromatic N) is 3. The van der Waals surface area contributed by atoms with Crippen LogP contribution in [0, 0.1) is 0 Å². The first-order valence-corrected chi connectivity index (χ1v) is 10.6. The Bertz CT molecular complexity index is 1490. The number of aliphatic hydroxyl groups excluding tert-OH is 1. The number of fused-ring (bicyclic) bond motifs is 1. The lowest BCUT2D eigenvalue weighted by atomic mass is 10.0. The fraction of sp³-hybridized carbons (Fsp3) is 0.0741. The fourth-order valence-corrected chi connectivity index (χ4v) is 4.00. The van der Waals surface area contributed by atoms with E-state index in [-0.39, 0.29) is 12.2 Å². The van der Waals surface area contributed by atoms with Crippen molar-refractivity contribution in [3.63, 3.8) is 0 Å². The molecule has 1 unspecified atom stereocenters. The molecule has 3 heterocycles. The molecule has 0 spiro atoms. The Kier molecular flexibility index (Phi) is 5.42. The van der Waals surface area contributed by atoms with E-state index in [0.717, 1.165) is 22.2 Å². The number of hydrogen-bond acceptors (Lipinski definition) is 5. The van der Waals surface area contributed by atoms with Crippen molar-refractivity contribution >= 4 is 10.9 Å². The lowest BCUT2D eigenvalue weighted by Gasteiger charge is -2.18. The van der Waals surface area contributed by atoms with Gasteiger partial charge in [0.05, 0.1) is 17.8 Å². The molecule has 2 aromatic carbocycles. The van der Waals surface area contributed by atoms with Gasteiger partial charge in [0.25, 0.3) is 0 Å². The zero-order valence-corrected chi connectivity index (χ0v) is 17.7. The van der Waals surface area contributed by atoms with E-state index in [9.17, 15) is 15.0 Å². The monoisotopic (exact) mass is 435 g/mol. The topological polar surface area (TPSA) is 88.2 Å². The van der Waals surface area contributed by atoms with E-state index in [1.807, 2.05) is 66.7 Å². The van der Waals surface area contributed by atoms with E-state index < -0.39 is 11.5 Å². The van der Waals surface area contributed by atoms with Crippen molar-refractivity contribution in [3.8, 4) is 22.6 Å². The van der Waals surface area contributed by atoms with Gasteiger partial charge in [-0.05, 0) is 35.4 Å². The lowest BCUT2D eigenvalue weighted by molar-refractivity contribution is 0.177. The largest absolute Gasteiger partial charge is 0.503 e. The van der Waals surface area contributed by atoms with Crippen molar-refractivity contribution in [2.24, 2.45) is 0 Å². The van der Waals surface area contributed by atoms with Gasteiger partial charge < -0.3 is 14.8 Å². The predicted octanol–water partition coefficient (Wildman–Crippen LogP) is 4.43. The summed E-state index contributed by atoms with van der Waals surface area (Å²) >= 11 is 0. The van der Waals surface area contributed by atoms with Crippen LogP contribution >= 0.6 is 0 Å². The summed E-state index contributed by atoms with van der Waals surface area (Å²) in [6, 6.07) is 22.8. The summed E-state index contributed by atoms with van der Waals surface area (Å²) in [7, 11) is 0. The second kappa shape index (κ2) is 8.68. The highest BCUT2D eigenvalue weighted by molar-refractivity contribution is 5.80. The minimum atomic E-state index is -0.941. The van der Waals surface area contributed by atoms with Crippen LogP contribution in [0.25, 0.3) is 27.7 Å². The van der Waals surface area contributed by atoms with Crippen LogP contribution < -0.4 is 5.43 Å². The lowest BCUT2D eigenvalue weighted by Crippen LogP contribution is -2.14. The highest BCUT2D eigenvalue weighted by Crippen LogP contribution is 2.27. The number of aromatic nitrogens is 3. The smallest absolute Gasteiger partial charge is 0.223 e. The molecule has 0 saturated heterocycles. The summed E-state index contributed by atoms with van der Waals surface area (Å²) < 4.78 is 1.73. The molecule has 0 aliphatic carbocycles. The van der Waals surface area contributed by atoms with Gasteiger partial charge in [0.15, 0.2) is 5.75 Å². The van der Waals surface area contributed by atoms with Crippen molar-refractivity contribution in [2.45, 2.75) is 12.5 Å². The fourth-order valence-electron chi connectivity index (χ4n) is 4.00. The Morgan fingerprint density at radius 3 is 2.58 bits per heavy atom. The molecule has 0 aliphatic heterocycles. The molecular weight excluding hydrogens is 414 g/mol. The summed E-state index contributed by atoms with van der Waals surface area (Å²) in [6.07, 6.45) is 5.56. The van der Waals surface area contributed by atoms with Gasteiger partial charge >= 0.3 is 0 Å². The van der Waals surface area contributed by atoms with Gasteiger partial charge in [0.2, 0.25) is 5.43 Å². The third-order valence-corrected chi connectivity index (χ3v) is 5.64. The Balaban J connectivity index is 1.57. The molecule has 0 amide bonds. The molecule has 1 atom stereocenters. The second-order valence-corrected chi connectivity index (χ2v) is 7.82. The van der Waals surface area contributed by atoms with Gasteiger partial charge in [-0.2, -0.15) is 0 Å². The van der Waals surface area contributed by atoms with Crippen molar-refractivity contribution in [3.05, 3.63) is 119 Å². The summed E-state index contributed by atoms with van der Waals surface area (Å²) in [5.41, 5.74) is 4.13. The molecule has 5 rings (SSSR count). The number of rotatable bonds is 5. The maximum Gasteiger partial charge on any atom is 0.223 e. The number of aromatic hydroxyl groups is 1. The van der Waals surface area contributed by atoms with Gasteiger partial charge in [-0.25, -0.2) is 0 Å². The Morgan fingerprint density at radius 2 is 1.73 bits per heavy atom. The molecule has 6 heteroatoms. The molecular formula is C27H21N3O3. The molecule has 6 nitrogen and oxygen atoms in total. The first-order valence-electron chi connectivity index (χ1n) is 10.6. The van der Waals surface area contributed by atoms with Crippen LogP contribution in [0.2, 0.25) is 0 Å². The quantitative estimate of drug-likeness (QED) is 0.426. The van der Waals surface area contributed by atoms with E-state index in [2.05, 4.69) is 9.97 Å². The van der Waals surface area contributed by atoms with Gasteiger partial charge in [0, 0.05) is 53.4 Å².